The van der Waals surface area contributed by atoms with Crippen molar-refractivity contribution in [3.05, 3.63) is 47.2 Å². The summed E-state index contributed by atoms with van der Waals surface area (Å²) in [7, 11) is 2.05. The van der Waals surface area contributed by atoms with E-state index in [4.69, 9.17) is 10.5 Å². The fourth-order valence-electron chi connectivity index (χ4n) is 2.98. The van der Waals surface area contributed by atoms with E-state index in [-0.39, 0.29) is 11.7 Å². The maximum Gasteiger partial charge on any atom is 0.264 e. The summed E-state index contributed by atoms with van der Waals surface area (Å²) in [6.45, 7) is 3.13. The molecule has 0 spiro atoms. The van der Waals surface area contributed by atoms with Crippen LogP contribution in [0, 0.1) is 5.82 Å². The van der Waals surface area contributed by atoms with Crippen molar-refractivity contribution in [2.24, 2.45) is 0 Å². The zero-order valence-corrected chi connectivity index (χ0v) is 15.6. The van der Waals surface area contributed by atoms with Gasteiger partial charge in [-0.15, -0.1) is 11.3 Å². The van der Waals surface area contributed by atoms with Gasteiger partial charge in [-0.1, -0.05) is 0 Å². The van der Waals surface area contributed by atoms with Crippen molar-refractivity contribution in [3.63, 3.8) is 0 Å². The molecule has 1 aliphatic heterocycles. The van der Waals surface area contributed by atoms with Gasteiger partial charge in [0.15, 0.2) is 11.6 Å². The van der Waals surface area contributed by atoms with Gasteiger partial charge in [0.2, 0.25) is 0 Å². The zero-order chi connectivity index (χ0) is 19.0. The summed E-state index contributed by atoms with van der Waals surface area (Å²) in [5.41, 5.74) is 6.57. The molecule has 2 aromatic heterocycles. The van der Waals surface area contributed by atoms with Crippen LogP contribution in [0.4, 0.5) is 10.1 Å². The predicted octanol–water partition coefficient (Wildman–Crippen LogP) is 3.20. The molecule has 1 aliphatic rings. The Bertz CT molecular complexity index is 999. The van der Waals surface area contributed by atoms with Crippen LogP contribution < -0.4 is 10.5 Å². The number of benzene rings is 1. The van der Waals surface area contributed by atoms with E-state index in [9.17, 15) is 9.18 Å². The number of carbonyl (C=O) groups is 1. The lowest BCUT2D eigenvalue weighted by molar-refractivity contribution is 0.0669. The number of hydrogen-bond acceptors (Lipinski definition) is 6. The summed E-state index contributed by atoms with van der Waals surface area (Å²) in [5.74, 6) is 0.00381. The highest BCUT2D eigenvalue weighted by Gasteiger charge is 2.23. The monoisotopic (exact) mass is 386 g/mol. The smallest absolute Gasteiger partial charge is 0.264 e. The molecule has 0 radical (unpaired) electrons. The topological polar surface area (TPSA) is 71.7 Å². The zero-order valence-electron chi connectivity index (χ0n) is 14.8. The molecule has 27 heavy (non-hydrogen) atoms. The van der Waals surface area contributed by atoms with Crippen molar-refractivity contribution < 1.29 is 13.9 Å². The molecule has 0 unspecified atom stereocenters. The largest absolute Gasteiger partial charge is 0.453 e. The van der Waals surface area contributed by atoms with Gasteiger partial charge in [-0.3, -0.25) is 9.78 Å². The molecule has 2 N–H and O–H groups in total. The van der Waals surface area contributed by atoms with Crippen LogP contribution in [-0.2, 0) is 0 Å². The standard InChI is InChI=1S/C19H19FN4O2S/c1-23-6-8-24(9-7-23)19(25)17-11-14-18(27-17)16(4-5-22-14)26-15-3-2-12(21)10-13(15)20/h2-5,10-11H,6-9,21H2,1H3. The molecule has 0 bridgehead atoms. The number of pyridine rings is 1. The number of nitrogens with two attached hydrogens (primary N) is 1. The third-order valence-corrected chi connectivity index (χ3v) is 5.68. The fraction of sp³-hybridized carbons (Fsp3) is 0.263. The molecule has 0 saturated carbocycles. The number of thiophene rings is 1. The van der Waals surface area contributed by atoms with Crippen molar-refractivity contribution in [2.45, 2.75) is 0 Å². The predicted molar refractivity (Wildman–Crippen MR) is 104 cm³/mol. The Balaban J connectivity index is 1.63. The summed E-state index contributed by atoms with van der Waals surface area (Å²) in [4.78, 5) is 21.8. The second-order valence-electron chi connectivity index (χ2n) is 6.52. The Labute approximate surface area is 160 Å². The number of fused-ring (bicyclic) bond motifs is 1. The van der Waals surface area contributed by atoms with Crippen molar-refractivity contribution in [1.82, 2.24) is 14.8 Å². The van der Waals surface area contributed by atoms with E-state index in [0.717, 1.165) is 13.1 Å². The Morgan fingerprint density at radius 1 is 1.19 bits per heavy atom. The lowest BCUT2D eigenvalue weighted by atomic mass is 10.3. The number of aromatic nitrogens is 1. The van der Waals surface area contributed by atoms with Crippen LogP contribution in [0.5, 0.6) is 11.5 Å². The molecule has 1 amide bonds. The molecule has 4 rings (SSSR count). The van der Waals surface area contributed by atoms with Crippen LogP contribution >= 0.6 is 11.3 Å². The summed E-state index contributed by atoms with van der Waals surface area (Å²) < 4.78 is 20.5. The molecular formula is C19H19FN4O2S. The molecule has 0 aliphatic carbocycles. The minimum atomic E-state index is -0.537. The van der Waals surface area contributed by atoms with Gasteiger partial charge in [-0.05, 0) is 25.2 Å². The second-order valence-corrected chi connectivity index (χ2v) is 7.57. The van der Waals surface area contributed by atoms with Gasteiger partial charge in [-0.25, -0.2) is 4.39 Å². The van der Waals surface area contributed by atoms with Crippen molar-refractivity contribution in [1.29, 1.82) is 0 Å². The first kappa shape index (κ1) is 17.7. The van der Waals surface area contributed by atoms with E-state index in [1.165, 1.54) is 23.5 Å². The molecule has 0 atom stereocenters. The highest BCUT2D eigenvalue weighted by Crippen LogP contribution is 2.36. The number of anilines is 1. The number of piperazine rings is 1. The van der Waals surface area contributed by atoms with Gasteiger partial charge < -0.3 is 20.3 Å². The molecule has 140 valence electrons. The number of nitrogens with zero attached hydrogens (tertiary/aromatic N) is 3. The first-order chi connectivity index (χ1) is 13.0. The van der Waals surface area contributed by atoms with Crippen molar-refractivity contribution in [2.75, 3.05) is 39.0 Å². The molecule has 1 fully saturated rings. The summed E-state index contributed by atoms with van der Waals surface area (Å²) >= 11 is 1.32. The van der Waals surface area contributed by atoms with E-state index in [0.29, 0.717) is 39.6 Å². The number of carbonyl (C=O) groups excluding carboxylic acids is 1. The van der Waals surface area contributed by atoms with E-state index in [2.05, 4.69) is 9.88 Å². The third-order valence-electron chi connectivity index (χ3n) is 4.55. The number of halogens is 1. The first-order valence-corrected chi connectivity index (χ1v) is 9.42. The van der Waals surface area contributed by atoms with Gasteiger partial charge in [-0.2, -0.15) is 0 Å². The maximum absolute atomic E-state index is 14.1. The van der Waals surface area contributed by atoms with Gasteiger partial charge in [0, 0.05) is 50.2 Å². The van der Waals surface area contributed by atoms with Gasteiger partial charge in [0.05, 0.1) is 15.1 Å². The van der Waals surface area contributed by atoms with Crippen molar-refractivity contribution in [3.8, 4) is 11.5 Å². The van der Waals surface area contributed by atoms with Crippen LogP contribution in [0.15, 0.2) is 36.5 Å². The van der Waals surface area contributed by atoms with Crippen LogP contribution in [0.1, 0.15) is 9.67 Å². The van der Waals surface area contributed by atoms with Crippen LogP contribution in [0.2, 0.25) is 0 Å². The number of rotatable bonds is 3. The molecule has 3 aromatic rings. The van der Waals surface area contributed by atoms with Crippen LogP contribution in [-0.4, -0.2) is 53.9 Å². The highest BCUT2D eigenvalue weighted by atomic mass is 32.1. The number of hydrogen-bond donors (Lipinski definition) is 1. The quantitative estimate of drug-likeness (QED) is 0.700. The molecule has 1 saturated heterocycles. The lowest BCUT2D eigenvalue weighted by Crippen LogP contribution is -2.46. The van der Waals surface area contributed by atoms with E-state index >= 15 is 0 Å². The summed E-state index contributed by atoms with van der Waals surface area (Å²) in [5, 5.41) is 0. The Kier molecular flexibility index (Phi) is 4.67. The Morgan fingerprint density at radius 2 is 1.96 bits per heavy atom. The van der Waals surface area contributed by atoms with Gasteiger partial charge in [0.25, 0.3) is 5.91 Å². The maximum atomic E-state index is 14.1. The van der Waals surface area contributed by atoms with E-state index < -0.39 is 5.82 Å². The molecule has 8 heteroatoms. The summed E-state index contributed by atoms with van der Waals surface area (Å²) in [6.07, 6.45) is 1.59. The van der Waals surface area contributed by atoms with E-state index in [1.54, 1.807) is 24.4 Å². The second kappa shape index (κ2) is 7.13. The highest BCUT2D eigenvalue weighted by molar-refractivity contribution is 7.21. The Morgan fingerprint density at radius 3 is 2.70 bits per heavy atom. The number of amides is 1. The minimum Gasteiger partial charge on any atom is -0.453 e. The average molecular weight is 386 g/mol. The van der Waals surface area contributed by atoms with Crippen molar-refractivity contribution >= 4 is 33.1 Å². The van der Waals surface area contributed by atoms with Gasteiger partial charge >= 0.3 is 0 Å². The first-order valence-electron chi connectivity index (χ1n) is 8.60. The van der Waals surface area contributed by atoms with Gasteiger partial charge in [0.1, 0.15) is 5.75 Å². The van der Waals surface area contributed by atoms with E-state index in [1.807, 2.05) is 11.9 Å². The number of ether oxygens (including phenoxy) is 1. The molecule has 1 aromatic carbocycles. The SMILES string of the molecule is CN1CCN(C(=O)c2cc3nccc(Oc4ccc(N)cc4F)c3s2)CC1. The fourth-order valence-corrected chi connectivity index (χ4v) is 4.02. The molecule has 3 heterocycles. The third kappa shape index (κ3) is 3.58. The molecule has 6 nitrogen and oxygen atoms in total. The van der Waals surface area contributed by atoms with Crippen LogP contribution in [0.25, 0.3) is 10.2 Å². The number of likely N-dealkylation sites (N-methyl/N-ethyl adjacent to an activating group) is 1. The molecular weight excluding hydrogens is 367 g/mol. The van der Waals surface area contributed by atoms with Crippen LogP contribution in [0.3, 0.4) is 0 Å². The normalized spacial score (nSPS) is 15.3. The Hall–Kier alpha value is -2.71. The minimum absolute atomic E-state index is 0.00397. The summed E-state index contributed by atoms with van der Waals surface area (Å²) in [6, 6.07) is 7.71. The lowest BCUT2D eigenvalue weighted by Gasteiger charge is -2.32. The number of nitrogen functional groups attached to an aromatic ring is 1. The average Bonchev–Trinajstić information content (AvgIpc) is 3.09.